The third-order valence-corrected chi connectivity index (χ3v) is 13.9. The molecule has 276 valence electrons. The molecule has 0 spiro atoms. The monoisotopic (exact) mass is 753 g/mol. The number of hydrogen-bond acceptors (Lipinski definition) is 3. The fraction of sp³-hybridized carbons (Fsp3) is 0.148. The summed E-state index contributed by atoms with van der Waals surface area (Å²) in [6.07, 6.45) is 2.36. The van der Waals surface area contributed by atoms with Gasteiger partial charge in [0.25, 0.3) is 0 Å². The molecule has 0 radical (unpaired) electrons. The van der Waals surface area contributed by atoms with Gasteiger partial charge in [0.2, 0.25) is 0 Å². The van der Waals surface area contributed by atoms with E-state index in [1.807, 2.05) is 11.3 Å². The Bertz CT molecular complexity index is 3180. The van der Waals surface area contributed by atoms with Gasteiger partial charge >= 0.3 is 0 Å². The summed E-state index contributed by atoms with van der Waals surface area (Å²) in [4.78, 5) is 2.43. The highest BCUT2D eigenvalue weighted by Crippen LogP contribution is 2.50. The third-order valence-electron chi connectivity index (χ3n) is 12.7. The molecular weight excluding hydrogens is 711 g/mol. The molecule has 0 atom stereocenters. The molecule has 0 fully saturated rings. The van der Waals surface area contributed by atoms with Crippen LogP contribution in [0.3, 0.4) is 0 Å². The zero-order chi connectivity index (χ0) is 38.5. The molecule has 11 rings (SSSR count). The lowest BCUT2D eigenvalue weighted by Gasteiger charge is -2.41. The summed E-state index contributed by atoms with van der Waals surface area (Å²) < 4.78 is 9.44. The third kappa shape index (κ3) is 5.51. The maximum Gasteiger partial charge on any atom is 0.136 e. The molecule has 0 aliphatic heterocycles. The van der Waals surface area contributed by atoms with Crippen LogP contribution in [-0.2, 0) is 10.8 Å². The maximum absolute atomic E-state index is 6.79. The van der Waals surface area contributed by atoms with Crippen molar-refractivity contribution in [3.05, 3.63) is 175 Å². The number of nitrogens with zero attached hydrogens (tertiary/aromatic N) is 1. The van der Waals surface area contributed by atoms with Crippen molar-refractivity contribution in [1.82, 2.24) is 0 Å². The van der Waals surface area contributed by atoms with Gasteiger partial charge in [-0.3, -0.25) is 0 Å². The highest BCUT2D eigenvalue weighted by atomic mass is 32.1. The number of thiophene rings is 1. The van der Waals surface area contributed by atoms with Gasteiger partial charge in [-0.05, 0) is 124 Å². The van der Waals surface area contributed by atoms with Crippen molar-refractivity contribution >= 4 is 81.3 Å². The van der Waals surface area contributed by atoms with E-state index in [9.17, 15) is 0 Å². The zero-order valence-corrected chi connectivity index (χ0v) is 33.6. The predicted molar refractivity (Wildman–Crippen MR) is 245 cm³/mol. The Balaban J connectivity index is 1.07. The van der Waals surface area contributed by atoms with Crippen molar-refractivity contribution in [1.29, 1.82) is 0 Å². The van der Waals surface area contributed by atoms with Crippen LogP contribution in [0.5, 0.6) is 0 Å². The molecule has 0 N–H and O–H groups in total. The fourth-order valence-electron chi connectivity index (χ4n) is 9.43. The van der Waals surface area contributed by atoms with Gasteiger partial charge in [-0.1, -0.05) is 125 Å². The largest absolute Gasteiger partial charge is 0.456 e. The van der Waals surface area contributed by atoms with Gasteiger partial charge in [-0.25, -0.2) is 0 Å². The molecular formula is C54H43NOS. The van der Waals surface area contributed by atoms with Crippen LogP contribution in [0, 0.1) is 0 Å². The Labute approximate surface area is 337 Å². The lowest BCUT2D eigenvalue weighted by molar-refractivity contribution is 0.332. The molecule has 2 nitrogen and oxygen atoms in total. The minimum atomic E-state index is 0.120. The van der Waals surface area contributed by atoms with Crippen LogP contribution in [-0.4, -0.2) is 0 Å². The summed E-state index contributed by atoms with van der Waals surface area (Å²) in [6, 6.07) is 60.4. The Morgan fingerprint density at radius 1 is 0.456 bits per heavy atom. The zero-order valence-electron chi connectivity index (χ0n) is 32.8. The number of para-hydroxylation sites is 1. The summed E-state index contributed by atoms with van der Waals surface area (Å²) in [5, 5.41) is 7.41. The lowest BCUT2D eigenvalue weighted by atomic mass is 9.63. The molecule has 8 aromatic carbocycles. The average Bonchev–Trinajstić information content (AvgIpc) is 3.80. The van der Waals surface area contributed by atoms with Gasteiger partial charge in [0.1, 0.15) is 11.2 Å². The van der Waals surface area contributed by atoms with E-state index in [2.05, 4.69) is 196 Å². The summed E-state index contributed by atoms with van der Waals surface area (Å²) in [6.45, 7) is 9.55. The molecule has 1 aliphatic rings. The Kier molecular flexibility index (Phi) is 7.59. The highest BCUT2D eigenvalue weighted by molar-refractivity contribution is 7.25. The van der Waals surface area contributed by atoms with E-state index in [4.69, 9.17) is 4.42 Å². The van der Waals surface area contributed by atoms with Gasteiger partial charge in [-0.2, -0.15) is 0 Å². The Morgan fingerprint density at radius 2 is 1.09 bits per heavy atom. The van der Waals surface area contributed by atoms with Crippen LogP contribution in [0.1, 0.15) is 51.7 Å². The van der Waals surface area contributed by atoms with Gasteiger partial charge in [0.15, 0.2) is 0 Å². The molecule has 0 saturated carbocycles. The van der Waals surface area contributed by atoms with Crippen molar-refractivity contribution in [3.8, 4) is 22.3 Å². The van der Waals surface area contributed by atoms with Crippen LogP contribution in [0.2, 0.25) is 0 Å². The number of hydrogen-bond donors (Lipinski definition) is 0. The average molecular weight is 754 g/mol. The highest BCUT2D eigenvalue weighted by Gasteiger charge is 2.37. The van der Waals surface area contributed by atoms with Crippen molar-refractivity contribution in [2.24, 2.45) is 0 Å². The molecule has 0 bridgehead atoms. The number of fused-ring (bicyclic) bond motifs is 8. The van der Waals surface area contributed by atoms with E-state index >= 15 is 0 Å². The molecule has 10 aromatic rings. The smallest absolute Gasteiger partial charge is 0.136 e. The quantitative estimate of drug-likeness (QED) is 0.174. The number of benzene rings is 8. The standard InChI is InChI=1S/C54H43NOS/c1-53(2)28-29-54(3,4)47-33-49-44(32-46(47)53)42-26-21-37(31-48(42)56-49)41-25-20-35-12-8-9-15-40(35)52(41)55(38-13-6-5-7-14-38)39-23-18-34(19-24-39)36-22-27-51-45(30-36)43-16-10-11-17-50(43)57-51/h5-27,30-33H,28-29H2,1-4H3. The van der Waals surface area contributed by atoms with Gasteiger partial charge in [0.05, 0.1) is 5.69 Å². The topological polar surface area (TPSA) is 16.4 Å². The first-order chi connectivity index (χ1) is 27.7. The first-order valence-corrected chi connectivity index (χ1v) is 20.9. The number of rotatable bonds is 5. The number of anilines is 3. The summed E-state index contributed by atoms with van der Waals surface area (Å²) in [7, 11) is 0. The Morgan fingerprint density at radius 3 is 1.89 bits per heavy atom. The van der Waals surface area contributed by atoms with E-state index in [1.165, 1.54) is 76.8 Å². The van der Waals surface area contributed by atoms with E-state index in [1.54, 1.807) is 0 Å². The van der Waals surface area contributed by atoms with Crippen LogP contribution >= 0.6 is 11.3 Å². The van der Waals surface area contributed by atoms with E-state index in [0.29, 0.717) is 0 Å². The first kappa shape index (κ1) is 34.1. The fourth-order valence-corrected chi connectivity index (χ4v) is 10.5. The van der Waals surface area contributed by atoms with E-state index < -0.39 is 0 Å². The molecule has 2 aromatic heterocycles. The van der Waals surface area contributed by atoms with E-state index in [0.717, 1.165) is 39.4 Å². The van der Waals surface area contributed by atoms with Gasteiger partial charge < -0.3 is 9.32 Å². The lowest BCUT2D eigenvalue weighted by Crippen LogP contribution is -2.33. The molecule has 0 saturated heterocycles. The van der Waals surface area contributed by atoms with Crippen LogP contribution in [0.4, 0.5) is 17.1 Å². The van der Waals surface area contributed by atoms with Crippen molar-refractivity contribution in [2.45, 2.75) is 51.4 Å². The molecule has 3 heteroatoms. The van der Waals surface area contributed by atoms with Gasteiger partial charge in [-0.15, -0.1) is 11.3 Å². The predicted octanol–water partition coefficient (Wildman–Crippen LogP) is 16.3. The Hall–Kier alpha value is -6.16. The maximum atomic E-state index is 6.79. The summed E-state index contributed by atoms with van der Waals surface area (Å²) in [5.74, 6) is 0. The second kappa shape index (κ2) is 12.7. The van der Waals surface area contributed by atoms with Crippen molar-refractivity contribution < 1.29 is 4.42 Å². The van der Waals surface area contributed by atoms with Crippen LogP contribution < -0.4 is 4.90 Å². The SMILES string of the molecule is CC1(C)CCC(C)(C)c2cc3c(cc21)oc1cc(-c2ccc4ccccc4c2N(c2ccccc2)c2ccc(-c4ccc5sc6ccccc6c5c4)cc2)ccc13. The minimum Gasteiger partial charge on any atom is -0.456 e. The molecule has 0 amide bonds. The molecule has 1 aliphatic carbocycles. The molecule has 2 heterocycles. The second-order valence-corrected chi connectivity index (χ2v) is 18.3. The van der Waals surface area contributed by atoms with Crippen molar-refractivity contribution in [3.63, 3.8) is 0 Å². The minimum absolute atomic E-state index is 0.120. The van der Waals surface area contributed by atoms with Crippen LogP contribution in [0.25, 0.3) is 75.1 Å². The molecule has 0 unspecified atom stereocenters. The first-order valence-electron chi connectivity index (χ1n) is 20.1. The second-order valence-electron chi connectivity index (χ2n) is 17.2. The van der Waals surface area contributed by atoms with E-state index in [-0.39, 0.29) is 10.8 Å². The van der Waals surface area contributed by atoms with Crippen LogP contribution in [0.15, 0.2) is 168 Å². The summed E-state index contributed by atoms with van der Waals surface area (Å²) in [5.41, 5.74) is 13.1. The summed E-state index contributed by atoms with van der Waals surface area (Å²) >= 11 is 1.86. The molecule has 57 heavy (non-hydrogen) atoms. The number of furan rings is 1. The van der Waals surface area contributed by atoms with Gasteiger partial charge in [0, 0.05) is 53.3 Å². The van der Waals surface area contributed by atoms with Crippen molar-refractivity contribution in [2.75, 3.05) is 4.90 Å². The normalized spacial score (nSPS) is 14.8.